The van der Waals surface area contributed by atoms with E-state index in [9.17, 15) is 19.2 Å². The van der Waals surface area contributed by atoms with Crippen LogP contribution >= 0.6 is 0 Å². The van der Waals surface area contributed by atoms with E-state index in [2.05, 4.69) is 16.0 Å². The second-order valence-electron chi connectivity index (χ2n) is 10.1. The number of alkyl carbamates (subject to hydrolysis) is 1. The molecule has 178 valence electrons. The molecule has 9 nitrogen and oxygen atoms in total. The molecule has 1 saturated heterocycles. The van der Waals surface area contributed by atoms with Crippen LogP contribution in [0.5, 0.6) is 0 Å². The number of carbonyl (C=O) groups is 4. The summed E-state index contributed by atoms with van der Waals surface area (Å²) in [4.78, 5) is 50.2. The molecule has 2 aliphatic heterocycles. The Morgan fingerprint density at radius 3 is 2.64 bits per heavy atom. The Morgan fingerprint density at radius 2 is 1.91 bits per heavy atom. The second-order valence-corrected chi connectivity index (χ2v) is 10.1. The van der Waals surface area contributed by atoms with Gasteiger partial charge < -0.3 is 20.3 Å². The van der Waals surface area contributed by atoms with Crippen LogP contribution in [0.4, 0.5) is 4.79 Å². The molecule has 0 aromatic heterocycles. The molecule has 4 amide bonds. The number of fused-ring (bicyclic) bond motifs is 1. The maximum absolute atomic E-state index is 12.8. The highest BCUT2D eigenvalue weighted by Crippen LogP contribution is 2.28. The molecule has 0 radical (unpaired) electrons. The summed E-state index contributed by atoms with van der Waals surface area (Å²) in [5, 5.41) is 8.84. The van der Waals surface area contributed by atoms with Crippen LogP contribution in [-0.2, 0) is 27.4 Å². The normalized spacial score (nSPS) is 25.1. The van der Waals surface area contributed by atoms with E-state index in [1.54, 1.807) is 4.90 Å². The van der Waals surface area contributed by atoms with Gasteiger partial charge in [0.05, 0.1) is 0 Å². The number of carbonyl (C=O) groups excluding carboxylic acids is 4. The van der Waals surface area contributed by atoms with Crippen LogP contribution in [0.25, 0.3) is 0 Å². The quantitative estimate of drug-likeness (QED) is 0.584. The first-order valence-electron chi connectivity index (χ1n) is 11.6. The number of hydrogen-bond acceptors (Lipinski definition) is 6. The third-order valence-corrected chi connectivity index (χ3v) is 6.37. The van der Waals surface area contributed by atoms with Crippen LogP contribution < -0.4 is 16.0 Å². The first-order valence-corrected chi connectivity index (χ1v) is 11.6. The average molecular weight is 457 g/mol. The smallest absolute Gasteiger partial charge is 0.407 e. The molecule has 3 atom stereocenters. The molecule has 1 saturated carbocycles. The van der Waals surface area contributed by atoms with E-state index in [-0.39, 0.29) is 30.3 Å². The summed E-state index contributed by atoms with van der Waals surface area (Å²) >= 11 is 0. The molecule has 2 fully saturated rings. The Kier molecular flexibility index (Phi) is 6.43. The number of piperidine rings is 1. The zero-order valence-electron chi connectivity index (χ0n) is 19.4. The van der Waals surface area contributed by atoms with Crippen LogP contribution in [-0.4, -0.2) is 52.4 Å². The largest absolute Gasteiger partial charge is 0.444 e. The Hall–Kier alpha value is -2.94. The lowest BCUT2D eigenvalue weighted by molar-refractivity contribution is -0.136. The number of benzene rings is 1. The van der Waals surface area contributed by atoms with Crippen molar-refractivity contribution in [2.75, 3.05) is 0 Å². The van der Waals surface area contributed by atoms with Gasteiger partial charge in [-0.1, -0.05) is 12.1 Å². The van der Waals surface area contributed by atoms with Gasteiger partial charge in [-0.3, -0.25) is 19.7 Å². The van der Waals surface area contributed by atoms with E-state index in [1.807, 2.05) is 39.0 Å². The third-order valence-electron chi connectivity index (χ3n) is 6.37. The van der Waals surface area contributed by atoms with Crippen molar-refractivity contribution in [2.45, 2.75) is 89.7 Å². The maximum Gasteiger partial charge on any atom is 0.407 e. The molecule has 1 unspecified atom stereocenters. The van der Waals surface area contributed by atoms with Gasteiger partial charge in [0.25, 0.3) is 5.91 Å². The van der Waals surface area contributed by atoms with Crippen LogP contribution in [0.1, 0.15) is 74.4 Å². The lowest BCUT2D eigenvalue weighted by Crippen LogP contribution is -2.52. The van der Waals surface area contributed by atoms with Gasteiger partial charge >= 0.3 is 6.09 Å². The van der Waals surface area contributed by atoms with E-state index in [4.69, 9.17) is 4.74 Å². The number of amides is 4. The van der Waals surface area contributed by atoms with Gasteiger partial charge in [0.2, 0.25) is 11.8 Å². The molecule has 33 heavy (non-hydrogen) atoms. The molecule has 2 heterocycles. The lowest BCUT2D eigenvalue weighted by atomic mass is 10.0. The molecule has 1 aromatic carbocycles. The zero-order valence-corrected chi connectivity index (χ0v) is 19.4. The molecule has 1 aliphatic carbocycles. The van der Waals surface area contributed by atoms with Gasteiger partial charge in [-0.2, -0.15) is 0 Å². The number of rotatable bonds is 5. The number of ether oxygens (including phenoxy) is 1. The molecule has 3 N–H and O–H groups in total. The van der Waals surface area contributed by atoms with E-state index in [0.29, 0.717) is 25.1 Å². The van der Waals surface area contributed by atoms with Crippen molar-refractivity contribution in [1.29, 1.82) is 0 Å². The first kappa shape index (κ1) is 23.2. The highest BCUT2D eigenvalue weighted by molar-refractivity contribution is 6.05. The SMILES string of the molecule is CC(C)(C)OC(=O)N[C@H]1CCC[C@@H]1NCc1ccc2c(c1)CN(C1CCC(=O)NC1=O)C2=O. The Bertz CT molecular complexity index is 970. The van der Waals surface area contributed by atoms with E-state index in [1.165, 1.54) is 0 Å². The fraction of sp³-hybridized carbons (Fsp3) is 0.583. The molecule has 0 bridgehead atoms. The van der Waals surface area contributed by atoms with E-state index in [0.717, 1.165) is 30.4 Å². The van der Waals surface area contributed by atoms with Gasteiger partial charge in [0.1, 0.15) is 11.6 Å². The average Bonchev–Trinajstić information content (AvgIpc) is 3.29. The molecule has 0 spiro atoms. The minimum absolute atomic E-state index is 0.0128. The van der Waals surface area contributed by atoms with Gasteiger partial charge in [-0.25, -0.2) is 4.79 Å². The number of nitrogens with one attached hydrogen (secondary N) is 3. The molecular formula is C24H32N4O5. The van der Waals surface area contributed by atoms with Crippen LogP contribution in [0, 0.1) is 0 Å². The van der Waals surface area contributed by atoms with Crippen molar-refractivity contribution >= 4 is 23.8 Å². The Labute approximate surface area is 193 Å². The first-order chi connectivity index (χ1) is 15.6. The van der Waals surface area contributed by atoms with Crippen molar-refractivity contribution in [2.24, 2.45) is 0 Å². The highest BCUT2D eigenvalue weighted by Gasteiger charge is 2.39. The molecular weight excluding hydrogens is 424 g/mol. The number of nitrogens with zero attached hydrogens (tertiary/aromatic N) is 1. The third kappa shape index (κ3) is 5.35. The van der Waals surface area contributed by atoms with Crippen molar-refractivity contribution in [3.63, 3.8) is 0 Å². The van der Waals surface area contributed by atoms with Crippen LogP contribution in [0.2, 0.25) is 0 Å². The lowest BCUT2D eigenvalue weighted by Gasteiger charge is -2.29. The monoisotopic (exact) mass is 456 g/mol. The molecule has 1 aromatic rings. The van der Waals surface area contributed by atoms with Gasteiger partial charge in [0.15, 0.2) is 0 Å². The summed E-state index contributed by atoms with van der Waals surface area (Å²) in [7, 11) is 0. The van der Waals surface area contributed by atoms with Crippen molar-refractivity contribution < 1.29 is 23.9 Å². The predicted molar refractivity (Wildman–Crippen MR) is 120 cm³/mol. The summed E-state index contributed by atoms with van der Waals surface area (Å²) in [5.41, 5.74) is 2.00. The predicted octanol–water partition coefficient (Wildman–Crippen LogP) is 1.98. The number of imide groups is 1. The Morgan fingerprint density at radius 1 is 1.15 bits per heavy atom. The molecule has 9 heteroatoms. The topological polar surface area (TPSA) is 117 Å². The fourth-order valence-corrected chi connectivity index (χ4v) is 4.82. The van der Waals surface area contributed by atoms with Crippen molar-refractivity contribution in [3.05, 3.63) is 34.9 Å². The number of hydrogen-bond donors (Lipinski definition) is 3. The Balaban J connectivity index is 1.35. The second kappa shape index (κ2) is 9.13. The summed E-state index contributed by atoms with van der Waals surface area (Å²) in [6.45, 7) is 6.50. The van der Waals surface area contributed by atoms with E-state index < -0.39 is 23.6 Å². The van der Waals surface area contributed by atoms with E-state index >= 15 is 0 Å². The van der Waals surface area contributed by atoms with Crippen LogP contribution in [0.3, 0.4) is 0 Å². The van der Waals surface area contributed by atoms with Crippen molar-refractivity contribution in [1.82, 2.24) is 20.9 Å². The standard InChI is InChI=1S/C24H32N4O5/c1-24(2,3)33-23(32)26-18-6-4-5-17(18)25-12-14-7-8-16-15(11-14)13-28(22(16)31)19-9-10-20(29)27-21(19)30/h7-8,11,17-19,25H,4-6,9-10,12-13H2,1-3H3,(H,26,32)(H,27,29,30)/t17-,18-,19?/m0/s1. The minimum Gasteiger partial charge on any atom is -0.444 e. The summed E-state index contributed by atoms with van der Waals surface area (Å²) in [6, 6.07) is 5.28. The molecule has 4 rings (SSSR count). The fourth-order valence-electron chi connectivity index (χ4n) is 4.82. The van der Waals surface area contributed by atoms with Crippen molar-refractivity contribution in [3.8, 4) is 0 Å². The summed E-state index contributed by atoms with van der Waals surface area (Å²) < 4.78 is 5.38. The maximum atomic E-state index is 12.8. The van der Waals surface area contributed by atoms with Gasteiger partial charge in [-0.15, -0.1) is 0 Å². The molecule has 3 aliphatic rings. The zero-order chi connectivity index (χ0) is 23.8. The van der Waals surface area contributed by atoms with Gasteiger partial charge in [-0.05, 0) is 63.6 Å². The minimum atomic E-state index is -0.609. The summed E-state index contributed by atoms with van der Waals surface area (Å²) in [5.74, 6) is -0.865. The highest BCUT2D eigenvalue weighted by atomic mass is 16.6. The summed E-state index contributed by atoms with van der Waals surface area (Å²) in [6.07, 6.45) is 3.09. The van der Waals surface area contributed by atoms with Crippen LogP contribution in [0.15, 0.2) is 18.2 Å². The van der Waals surface area contributed by atoms with Gasteiger partial charge in [0, 0.05) is 37.2 Å².